The zero-order chi connectivity index (χ0) is 20.6. The lowest BCUT2D eigenvalue weighted by Crippen LogP contribution is -2.49. The van der Waals surface area contributed by atoms with Crippen LogP contribution in [0.3, 0.4) is 0 Å². The standard InChI is InChI=1S/C20H15ClN4O4/c1-29-15-3-2-13-10-25(17(26)16(13)7-15)11-20(18(27)23-19(28)24-20)5-4-12-6-14(21)9-22-8-12/h2-3,6-10,26H,11H2,1H3,(H2,23,24,27,28)/t20-/m1/s1. The fourth-order valence-corrected chi connectivity index (χ4v) is 3.29. The Morgan fingerprint density at radius 1 is 1.31 bits per heavy atom. The smallest absolute Gasteiger partial charge is 0.323 e. The van der Waals surface area contributed by atoms with Crippen LogP contribution < -0.4 is 15.4 Å². The summed E-state index contributed by atoms with van der Waals surface area (Å²) in [6, 6.07) is 6.17. The Kier molecular flexibility index (Phi) is 4.53. The number of urea groups is 1. The van der Waals surface area contributed by atoms with Crippen LogP contribution >= 0.6 is 11.6 Å². The third kappa shape index (κ3) is 3.44. The summed E-state index contributed by atoms with van der Waals surface area (Å²) in [4.78, 5) is 28.4. The lowest BCUT2D eigenvalue weighted by Gasteiger charge is -2.20. The number of amides is 3. The second-order valence-electron chi connectivity index (χ2n) is 6.49. The van der Waals surface area contributed by atoms with E-state index in [0.29, 0.717) is 21.7 Å². The normalized spacial score (nSPS) is 18.1. The molecule has 0 bridgehead atoms. The van der Waals surface area contributed by atoms with E-state index in [4.69, 9.17) is 16.3 Å². The molecule has 1 aliphatic rings. The number of hydrogen-bond acceptors (Lipinski definition) is 5. The maximum atomic E-state index is 12.6. The van der Waals surface area contributed by atoms with Gasteiger partial charge in [-0.2, -0.15) is 0 Å². The first kappa shape index (κ1) is 18.7. The molecule has 3 N–H and O–H groups in total. The minimum Gasteiger partial charge on any atom is -0.497 e. The molecule has 146 valence electrons. The largest absolute Gasteiger partial charge is 0.497 e. The van der Waals surface area contributed by atoms with E-state index < -0.39 is 17.5 Å². The van der Waals surface area contributed by atoms with Crippen LogP contribution in [0, 0.1) is 11.8 Å². The lowest BCUT2D eigenvalue weighted by atomic mass is 10.00. The van der Waals surface area contributed by atoms with Crippen molar-refractivity contribution in [2.75, 3.05) is 7.11 Å². The number of carbonyl (C=O) groups excluding carboxylic acids is 2. The average molecular weight is 411 g/mol. The predicted octanol–water partition coefficient (Wildman–Crippen LogP) is 2.03. The van der Waals surface area contributed by atoms with Gasteiger partial charge in [0.1, 0.15) is 5.75 Å². The van der Waals surface area contributed by atoms with Gasteiger partial charge in [-0.3, -0.25) is 15.1 Å². The zero-order valence-corrected chi connectivity index (χ0v) is 15.9. The minimum atomic E-state index is -1.57. The number of nitrogens with zero attached hydrogens (tertiary/aromatic N) is 2. The number of halogens is 1. The number of fused-ring (bicyclic) bond motifs is 1. The molecule has 1 saturated heterocycles. The Balaban J connectivity index is 1.76. The highest BCUT2D eigenvalue weighted by molar-refractivity contribution is 6.30. The predicted molar refractivity (Wildman–Crippen MR) is 106 cm³/mol. The van der Waals surface area contributed by atoms with Crippen molar-refractivity contribution in [3.8, 4) is 23.5 Å². The number of benzene rings is 1. The molecular formula is C20H15ClN4O4. The van der Waals surface area contributed by atoms with Gasteiger partial charge in [0.25, 0.3) is 5.91 Å². The fraction of sp³-hybridized carbons (Fsp3) is 0.150. The fourth-order valence-electron chi connectivity index (χ4n) is 3.12. The van der Waals surface area contributed by atoms with Gasteiger partial charge in [-0.05, 0) is 24.3 Å². The van der Waals surface area contributed by atoms with Crippen molar-refractivity contribution in [1.82, 2.24) is 20.2 Å². The van der Waals surface area contributed by atoms with Gasteiger partial charge in [0.2, 0.25) is 5.54 Å². The second kappa shape index (κ2) is 7.04. The summed E-state index contributed by atoms with van der Waals surface area (Å²) in [5.41, 5.74) is -1.09. The van der Waals surface area contributed by atoms with Crippen molar-refractivity contribution < 1.29 is 19.4 Å². The van der Waals surface area contributed by atoms with Crippen molar-refractivity contribution >= 4 is 34.3 Å². The van der Waals surface area contributed by atoms with Gasteiger partial charge in [0.05, 0.1) is 18.7 Å². The summed E-state index contributed by atoms with van der Waals surface area (Å²) in [6.45, 7) is -0.103. The van der Waals surface area contributed by atoms with E-state index in [9.17, 15) is 14.7 Å². The number of hydrogen-bond donors (Lipinski definition) is 3. The molecule has 1 aromatic carbocycles. The highest BCUT2D eigenvalue weighted by Gasteiger charge is 2.46. The van der Waals surface area contributed by atoms with Gasteiger partial charge in [-0.15, -0.1) is 0 Å². The molecule has 0 saturated carbocycles. The number of methoxy groups -OCH3 is 1. The summed E-state index contributed by atoms with van der Waals surface area (Å²) >= 11 is 5.92. The molecule has 4 rings (SSSR count). The van der Waals surface area contributed by atoms with Crippen LogP contribution in [-0.2, 0) is 11.3 Å². The molecule has 0 spiro atoms. The first-order valence-corrected chi connectivity index (χ1v) is 8.91. The summed E-state index contributed by atoms with van der Waals surface area (Å²) in [5, 5.41) is 17.1. The Morgan fingerprint density at radius 3 is 2.83 bits per heavy atom. The van der Waals surface area contributed by atoms with Crippen molar-refractivity contribution in [3.05, 3.63) is 53.4 Å². The van der Waals surface area contributed by atoms with E-state index in [2.05, 4.69) is 27.5 Å². The van der Waals surface area contributed by atoms with Crippen LogP contribution in [0.4, 0.5) is 4.79 Å². The molecule has 29 heavy (non-hydrogen) atoms. The van der Waals surface area contributed by atoms with E-state index in [1.165, 1.54) is 24.1 Å². The number of carbonyl (C=O) groups is 2. The Bertz CT molecular complexity index is 1210. The molecule has 1 aliphatic heterocycles. The van der Waals surface area contributed by atoms with Crippen molar-refractivity contribution in [2.24, 2.45) is 0 Å². The van der Waals surface area contributed by atoms with Crippen LogP contribution in [0.5, 0.6) is 11.6 Å². The highest BCUT2D eigenvalue weighted by Crippen LogP contribution is 2.32. The molecular weight excluding hydrogens is 396 g/mol. The molecule has 3 amide bonds. The van der Waals surface area contributed by atoms with Crippen molar-refractivity contribution in [1.29, 1.82) is 0 Å². The minimum absolute atomic E-state index is 0.0709. The number of rotatable bonds is 3. The maximum Gasteiger partial charge on any atom is 0.323 e. The molecule has 1 atom stereocenters. The first-order chi connectivity index (χ1) is 13.9. The maximum absolute atomic E-state index is 12.6. The molecule has 0 aliphatic carbocycles. The average Bonchev–Trinajstić information content (AvgIpc) is 3.15. The van der Waals surface area contributed by atoms with Crippen LogP contribution in [0.1, 0.15) is 5.56 Å². The van der Waals surface area contributed by atoms with Gasteiger partial charge in [0, 0.05) is 34.9 Å². The quantitative estimate of drug-likeness (QED) is 0.452. The molecule has 1 fully saturated rings. The monoisotopic (exact) mass is 410 g/mol. The molecule has 0 radical (unpaired) electrons. The van der Waals surface area contributed by atoms with Crippen LogP contribution in [0.2, 0.25) is 5.02 Å². The number of imide groups is 1. The molecule has 2 aromatic heterocycles. The van der Waals surface area contributed by atoms with Gasteiger partial charge in [-0.25, -0.2) is 4.79 Å². The van der Waals surface area contributed by atoms with E-state index in [1.807, 2.05) is 0 Å². The Hall–Kier alpha value is -3.70. The SMILES string of the molecule is COc1ccc2cn(C[C@@]3(C#Cc4cncc(Cl)c4)NC(=O)NC3=O)c(O)c2c1. The van der Waals surface area contributed by atoms with E-state index >= 15 is 0 Å². The molecule has 0 unspecified atom stereocenters. The molecule has 3 aromatic rings. The summed E-state index contributed by atoms with van der Waals surface area (Å²) in [6.07, 6.45) is 4.63. The summed E-state index contributed by atoms with van der Waals surface area (Å²) in [5.74, 6) is 5.54. The summed E-state index contributed by atoms with van der Waals surface area (Å²) in [7, 11) is 1.53. The van der Waals surface area contributed by atoms with E-state index in [1.54, 1.807) is 30.5 Å². The van der Waals surface area contributed by atoms with Gasteiger partial charge in [0.15, 0.2) is 5.88 Å². The summed E-state index contributed by atoms with van der Waals surface area (Å²) < 4.78 is 6.65. The third-order valence-electron chi connectivity index (χ3n) is 4.54. The first-order valence-electron chi connectivity index (χ1n) is 8.53. The van der Waals surface area contributed by atoms with Crippen LogP contribution in [0.15, 0.2) is 42.9 Å². The Labute approximate surface area is 170 Å². The van der Waals surface area contributed by atoms with Gasteiger partial charge in [-0.1, -0.05) is 23.4 Å². The van der Waals surface area contributed by atoms with Crippen molar-refractivity contribution in [2.45, 2.75) is 12.1 Å². The number of aromatic hydroxyl groups is 1. The zero-order valence-electron chi connectivity index (χ0n) is 15.2. The molecule has 3 heterocycles. The Morgan fingerprint density at radius 2 is 2.14 bits per heavy atom. The lowest BCUT2D eigenvalue weighted by molar-refractivity contribution is -0.122. The van der Waals surface area contributed by atoms with Crippen LogP contribution in [-0.4, -0.2) is 39.2 Å². The van der Waals surface area contributed by atoms with Gasteiger partial charge < -0.3 is 19.7 Å². The topological polar surface area (TPSA) is 105 Å². The second-order valence-corrected chi connectivity index (χ2v) is 6.93. The number of nitrogens with one attached hydrogen (secondary N) is 2. The third-order valence-corrected chi connectivity index (χ3v) is 4.75. The van der Waals surface area contributed by atoms with E-state index in [0.717, 1.165) is 5.39 Å². The van der Waals surface area contributed by atoms with E-state index in [-0.39, 0.29) is 12.4 Å². The molecule has 8 nitrogen and oxygen atoms in total. The molecule has 9 heteroatoms. The van der Waals surface area contributed by atoms with Gasteiger partial charge >= 0.3 is 6.03 Å². The van der Waals surface area contributed by atoms with Crippen molar-refractivity contribution in [3.63, 3.8) is 0 Å². The highest BCUT2D eigenvalue weighted by atomic mass is 35.5. The van der Waals surface area contributed by atoms with Crippen LogP contribution in [0.25, 0.3) is 10.8 Å². The number of pyridine rings is 1. The number of ether oxygens (including phenoxy) is 1. The number of aromatic nitrogens is 2.